The molecule has 0 heterocycles. The van der Waals surface area contributed by atoms with Crippen LogP contribution in [0.2, 0.25) is 0 Å². The molecule has 0 aliphatic heterocycles. The number of benzene rings is 2. The molecule has 2 rings (SSSR count). The molecule has 3 nitrogen and oxygen atoms in total. The van der Waals surface area contributed by atoms with Crippen molar-refractivity contribution in [2.24, 2.45) is 0 Å². The third-order valence-corrected chi connectivity index (χ3v) is 3.49. The van der Waals surface area contributed by atoms with Crippen molar-refractivity contribution in [3.63, 3.8) is 0 Å². The van der Waals surface area contributed by atoms with Crippen LogP contribution in [0, 0.1) is 13.8 Å². The van der Waals surface area contributed by atoms with E-state index in [0.29, 0.717) is 13.2 Å². The maximum Gasteiger partial charge on any atom is 0.123 e. The molecular formula is C18H23NO2. The van der Waals surface area contributed by atoms with E-state index in [2.05, 4.69) is 31.3 Å². The molecule has 0 unspecified atom stereocenters. The minimum Gasteiger partial charge on any atom is -0.490 e. The summed E-state index contributed by atoms with van der Waals surface area (Å²) < 4.78 is 11.6. The summed E-state index contributed by atoms with van der Waals surface area (Å²) in [6.07, 6.45) is 0. The normalized spacial score (nSPS) is 10.4. The Morgan fingerprint density at radius 2 is 1.52 bits per heavy atom. The number of aryl methyl sites for hydroxylation is 1. The van der Waals surface area contributed by atoms with E-state index in [1.165, 1.54) is 11.1 Å². The van der Waals surface area contributed by atoms with Crippen LogP contribution in [-0.2, 0) is 6.54 Å². The summed E-state index contributed by atoms with van der Waals surface area (Å²) in [5.41, 5.74) is 3.59. The van der Waals surface area contributed by atoms with Crippen molar-refractivity contribution in [3.05, 3.63) is 59.2 Å². The largest absolute Gasteiger partial charge is 0.490 e. The lowest BCUT2D eigenvalue weighted by molar-refractivity contribution is 0.215. The van der Waals surface area contributed by atoms with Gasteiger partial charge in [0.05, 0.1) is 0 Å². The number of hydrogen-bond donors (Lipinski definition) is 1. The fourth-order valence-electron chi connectivity index (χ4n) is 2.16. The summed E-state index contributed by atoms with van der Waals surface area (Å²) in [5.74, 6) is 1.85. The molecule has 0 aromatic heterocycles. The van der Waals surface area contributed by atoms with Gasteiger partial charge in [-0.3, -0.25) is 0 Å². The molecule has 0 aliphatic rings. The van der Waals surface area contributed by atoms with Crippen molar-refractivity contribution >= 4 is 0 Å². The fraction of sp³-hybridized carbons (Fsp3) is 0.333. The van der Waals surface area contributed by atoms with Crippen LogP contribution in [0.15, 0.2) is 42.5 Å². The lowest BCUT2D eigenvalue weighted by Crippen LogP contribution is -2.12. The maximum atomic E-state index is 5.82. The summed E-state index contributed by atoms with van der Waals surface area (Å²) in [6, 6.07) is 14.2. The number of hydrogen-bond acceptors (Lipinski definition) is 3. The van der Waals surface area contributed by atoms with Crippen LogP contribution in [0.25, 0.3) is 0 Å². The third kappa shape index (κ3) is 4.23. The number of rotatable bonds is 7. The van der Waals surface area contributed by atoms with Gasteiger partial charge in [-0.25, -0.2) is 0 Å². The zero-order valence-electron chi connectivity index (χ0n) is 13.0. The van der Waals surface area contributed by atoms with Crippen molar-refractivity contribution in [1.82, 2.24) is 5.32 Å². The highest BCUT2D eigenvalue weighted by molar-refractivity contribution is 5.38. The van der Waals surface area contributed by atoms with Gasteiger partial charge >= 0.3 is 0 Å². The molecule has 0 saturated carbocycles. The summed E-state index contributed by atoms with van der Waals surface area (Å²) in [6.45, 7) is 6.04. The Morgan fingerprint density at radius 1 is 0.857 bits per heavy atom. The van der Waals surface area contributed by atoms with Gasteiger partial charge in [0.15, 0.2) is 0 Å². The molecule has 0 amide bonds. The lowest BCUT2D eigenvalue weighted by atomic mass is 10.1. The summed E-state index contributed by atoms with van der Waals surface area (Å²) in [7, 11) is 1.93. The third-order valence-electron chi connectivity index (χ3n) is 3.49. The van der Waals surface area contributed by atoms with E-state index >= 15 is 0 Å². The number of para-hydroxylation sites is 1. The van der Waals surface area contributed by atoms with Gasteiger partial charge in [0.25, 0.3) is 0 Å². The van der Waals surface area contributed by atoms with Gasteiger partial charge in [0, 0.05) is 12.1 Å². The predicted octanol–water partition coefficient (Wildman–Crippen LogP) is 3.48. The van der Waals surface area contributed by atoms with Gasteiger partial charge < -0.3 is 14.8 Å². The first-order valence-electron chi connectivity index (χ1n) is 7.26. The van der Waals surface area contributed by atoms with Crippen LogP contribution in [0.5, 0.6) is 11.5 Å². The molecule has 0 atom stereocenters. The Bertz CT molecular complexity index is 581. The van der Waals surface area contributed by atoms with Gasteiger partial charge in [-0.15, -0.1) is 0 Å². The van der Waals surface area contributed by atoms with Crippen LogP contribution in [0.1, 0.15) is 16.7 Å². The molecular weight excluding hydrogens is 262 g/mol. The van der Waals surface area contributed by atoms with Crippen molar-refractivity contribution in [3.8, 4) is 11.5 Å². The SMILES string of the molecule is CNCc1ccccc1OCCOc1cccc(C)c1C. The molecule has 21 heavy (non-hydrogen) atoms. The molecule has 0 fully saturated rings. The van der Waals surface area contributed by atoms with Crippen molar-refractivity contribution in [2.45, 2.75) is 20.4 Å². The monoisotopic (exact) mass is 285 g/mol. The minimum atomic E-state index is 0.536. The molecule has 2 aromatic carbocycles. The molecule has 0 aliphatic carbocycles. The van der Waals surface area contributed by atoms with Gasteiger partial charge in [-0.2, -0.15) is 0 Å². The molecule has 2 aromatic rings. The Hall–Kier alpha value is -2.00. The van der Waals surface area contributed by atoms with Gasteiger partial charge in [-0.05, 0) is 44.2 Å². The second kappa shape index (κ2) is 7.70. The second-order valence-corrected chi connectivity index (χ2v) is 5.03. The fourth-order valence-corrected chi connectivity index (χ4v) is 2.16. The van der Waals surface area contributed by atoms with E-state index in [1.54, 1.807) is 0 Å². The first kappa shape index (κ1) is 15.4. The number of ether oxygens (including phenoxy) is 2. The highest BCUT2D eigenvalue weighted by atomic mass is 16.5. The molecule has 0 bridgehead atoms. The zero-order valence-corrected chi connectivity index (χ0v) is 13.0. The molecule has 112 valence electrons. The Labute approximate surface area is 126 Å². The second-order valence-electron chi connectivity index (χ2n) is 5.03. The highest BCUT2D eigenvalue weighted by Gasteiger charge is 2.03. The zero-order chi connectivity index (χ0) is 15.1. The molecule has 0 saturated heterocycles. The van der Waals surface area contributed by atoms with E-state index < -0.39 is 0 Å². The van der Waals surface area contributed by atoms with Crippen molar-refractivity contribution in [2.75, 3.05) is 20.3 Å². The first-order valence-corrected chi connectivity index (χ1v) is 7.26. The summed E-state index contributed by atoms with van der Waals surface area (Å²) in [5, 5.41) is 3.14. The average molecular weight is 285 g/mol. The predicted molar refractivity (Wildman–Crippen MR) is 86.1 cm³/mol. The van der Waals surface area contributed by atoms with E-state index in [-0.39, 0.29) is 0 Å². The van der Waals surface area contributed by atoms with Crippen LogP contribution >= 0.6 is 0 Å². The quantitative estimate of drug-likeness (QED) is 0.790. The minimum absolute atomic E-state index is 0.536. The molecule has 1 N–H and O–H groups in total. The van der Waals surface area contributed by atoms with E-state index in [0.717, 1.165) is 23.6 Å². The van der Waals surface area contributed by atoms with Gasteiger partial charge in [0.1, 0.15) is 24.7 Å². The highest BCUT2D eigenvalue weighted by Crippen LogP contribution is 2.21. The molecule has 3 heteroatoms. The number of nitrogens with one attached hydrogen (secondary N) is 1. The molecule has 0 spiro atoms. The Balaban J connectivity index is 1.86. The lowest BCUT2D eigenvalue weighted by Gasteiger charge is -2.13. The van der Waals surface area contributed by atoms with Crippen LogP contribution < -0.4 is 14.8 Å². The Morgan fingerprint density at radius 3 is 2.29 bits per heavy atom. The van der Waals surface area contributed by atoms with E-state index in [4.69, 9.17) is 9.47 Å². The topological polar surface area (TPSA) is 30.5 Å². The van der Waals surface area contributed by atoms with Crippen LogP contribution in [-0.4, -0.2) is 20.3 Å². The smallest absolute Gasteiger partial charge is 0.123 e. The van der Waals surface area contributed by atoms with E-state index in [9.17, 15) is 0 Å². The van der Waals surface area contributed by atoms with E-state index in [1.807, 2.05) is 37.4 Å². The average Bonchev–Trinajstić information content (AvgIpc) is 2.49. The van der Waals surface area contributed by atoms with Gasteiger partial charge in [0.2, 0.25) is 0 Å². The first-order chi connectivity index (χ1) is 10.2. The van der Waals surface area contributed by atoms with Crippen molar-refractivity contribution < 1.29 is 9.47 Å². The standard InChI is InChI=1S/C18H23NO2/c1-14-7-6-10-17(15(14)2)20-11-12-21-18-9-5-4-8-16(18)13-19-3/h4-10,19H,11-13H2,1-3H3. The summed E-state index contributed by atoms with van der Waals surface area (Å²) >= 11 is 0. The maximum absolute atomic E-state index is 5.82. The Kier molecular flexibility index (Phi) is 5.64. The summed E-state index contributed by atoms with van der Waals surface area (Å²) in [4.78, 5) is 0. The van der Waals surface area contributed by atoms with Crippen LogP contribution in [0.4, 0.5) is 0 Å². The van der Waals surface area contributed by atoms with Crippen molar-refractivity contribution in [1.29, 1.82) is 0 Å². The van der Waals surface area contributed by atoms with Crippen LogP contribution in [0.3, 0.4) is 0 Å². The molecule has 0 radical (unpaired) electrons. The van der Waals surface area contributed by atoms with Gasteiger partial charge in [-0.1, -0.05) is 30.3 Å².